The molecule has 0 fully saturated rings. The normalized spacial score (nSPS) is 10.3. The van der Waals surface area contributed by atoms with E-state index in [1.165, 1.54) is 0 Å². The Morgan fingerprint density at radius 1 is 1.40 bits per heavy atom. The van der Waals surface area contributed by atoms with E-state index >= 15 is 0 Å². The van der Waals surface area contributed by atoms with E-state index in [0.29, 0.717) is 12.2 Å². The van der Waals surface area contributed by atoms with E-state index in [0.717, 1.165) is 23.1 Å². The molecule has 5 nitrogen and oxygen atoms in total. The van der Waals surface area contributed by atoms with Crippen molar-refractivity contribution < 1.29 is 4.79 Å². The summed E-state index contributed by atoms with van der Waals surface area (Å²) < 4.78 is 0. The van der Waals surface area contributed by atoms with Crippen molar-refractivity contribution in [3.05, 3.63) is 40.0 Å². The molecule has 2 heterocycles. The van der Waals surface area contributed by atoms with E-state index in [1.54, 1.807) is 29.4 Å². The van der Waals surface area contributed by atoms with Crippen LogP contribution in [0.15, 0.2) is 23.6 Å². The maximum Gasteiger partial charge on any atom is 0.272 e. The van der Waals surface area contributed by atoms with Gasteiger partial charge in [0, 0.05) is 19.0 Å². The smallest absolute Gasteiger partial charge is 0.272 e. The maximum atomic E-state index is 12.3. The molecule has 0 atom stereocenters. The molecule has 0 unspecified atom stereocenters. The van der Waals surface area contributed by atoms with Crippen molar-refractivity contribution in [2.75, 3.05) is 18.9 Å². The summed E-state index contributed by atoms with van der Waals surface area (Å²) in [5, 5.41) is 6.08. The fourth-order valence-corrected chi connectivity index (χ4v) is 2.43. The minimum Gasteiger partial charge on any atom is -0.370 e. The molecule has 0 saturated heterocycles. The SMILES string of the molecule is CCNc1cccc(C(=O)N(C)Cc2csc(C)n2)n1. The third kappa shape index (κ3) is 3.54. The van der Waals surface area contributed by atoms with E-state index in [2.05, 4.69) is 15.3 Å². The standard InChI is InChI=1S/C14H18N4OS/c1-4-15-13-7-5-6-12(17-13)14(19)18(3)8-11-9-20-10(2)16-11/h5-7,9H,4,8H2,1-3H3,(H,15,17). The quantitative estimate of drug-likeness (QED) is 0.919. The number of hydrogen-bond acceptors (Lipinski definition) is 5. The lowest BCUT2D eigenvalue weighted by Crippen LogP contribution is -2.27. The second-order valence-corrected chi connectivity index (χ2v) is 5.52. The summed E-state index contributed by atoms with van der Waals surface area (Å²) in [6.07, 6.45) is 0. The maximum absolute atomic E-state index is 12.3. The van der Waals surface area contributed by atoms with Gasteiger partial charge in [-0.25, -0.2) is 9.97 Å². The van der Waals surface area contributed by atoms with Gasteiger partial charge in [-0.1, -0.05) is 6.07 Å². The van der Waals surface area contributed by atoms with Gasteiger partial charge in [-0.2, -0.15) is 0 Å². The number of aryl methyl sites for hydroxylation is 1. The Kier molecular flexibility index (Phi) is 4.68. The van der Waals surface area contributed by atoms with Crippen molar-refractivity contribution in [1.82, 2.24) is 14.9 Å². The highest BCUT2D eigenvalue weighted by Crippen LogP contribution is 2.12. The molecule has 1 amide bonds. The molecule has 0 radical (unpaired) electrons. The van der Waals surface area contributed by atoms with Crippen LogP contribution in [-0.4, -0.2) is 34.4 Å². The number of thiazole rings is 1. The first-order valence-electron chi connectivity index (χ1n) is 6.47. The van der Waals surface area contributed by atoms with Crippen molar-refractivity contribution in [3.8, 4) is 0 Å². The summed E-state index contributed by atoms with van der Waals surface area (Å²) >= 11 is 1.59. The largest absolute Gasteiger partial charge is 0.370 e. The highest BCUT2D eigenvalue weighted by Gasteiger charge is 2.14. The zero-order valence-electron chi connectivity index (χ0n) is 11.9. The van der Waals surface area contributed by atoms with Gasteiger partial charge in [-0.05, 0) is 26.0 Å². The van der Waals surface area contributed by atoms with Gasteiger partial charge in [0.1, 0.15) is 11.5 Å². The lowest BCUT2D eigenvalue weighted by molar-refractivity contribution is 0.0778. The number of nitrogens with one attached hydrogen (secondary N) is 1. The molecule has 0 aromatic carbocycles. The lowest BCUT2D eigenvalue weighted by Gasteiger charge is -2.15. The van der Waals surface area contributed by atoms with Gasteiger partial charge in [0.05, 0.1) is 17.2 Å². The number of amides is 1. The molecule has 2 aromatic rings. The third-order valence-corrected chi connectivity index (χ3v) is 3.56. The predicted octanol–water partition coefficient (Wildman–Crippen LogP) is 2.55. The van der Waals surface area contributed by atoms with Gasteiger partial charge in [0.25, 0.3) is 5.91 Å². The summed E-state index contributed by atoms with van der Waals surface area (Å²) in [7, 11) is 1.76. The van der Waals surface area contributed by atoms with Crippen molar-refractivity contribution in [2.24, 2.45) is 0 Å². The molecule has 1 N–H and O–H groups in total. The van der Waals surface area contributed by atoms with Crippen LogP contribution >= 0.6 is 11.3 Å². The Hall–Kier alpha value is -1.95. The number of anilines is 1. The Balaban J connectivity index is 2.07. The monoisotopic (exact) mass is 290 g/mol. The molecular formula is C14H18N4OS. The highest BCUT2D eigenvalue weighted by atomic mass is 32.1. The molecule has 0 aliphatic rings. The molecule has 106 valence electrons. The summed E-state index contributed by atoms with van der Waals surface area (Å²) in [4.78, 5) is 22.6. The minimum absolute atomic E-state index is 0.101. The predicted molar refractivity (Wildman–Crippen MR) is 81.0 cm³/mol. The molecule has 20 heavy (non-hydrogen) atoms. The van der Waals surface area contributed by atoms with E-state index in [4.69, 9.17) is 0 Å². The highest BCUT2D eigenvalue weighted by molar-refractivity contribution is 7.09. The van der Waals surface area contributed by atoms with Gasteiger partial charge in [-0.15, -0.1) is 11.3 Å². The summed E-state index contributed by atoms with van der Waals surface area (Å²) in [6.45, 7) is 5.22. The summed E-state index contributed by atoms with van der Waals surface area (Å²) in [6, 6.07) is 5.41. The van der Waals surface area contributed by atoms with Crippen molar-refractivity contribution in [2.45, 2.75) is 20.4 Å². The van der Waals surface area contributed by atoms with Gasteiger partial charge in [0.15, 0.2) is 0 Å². The lowest BCUT2D eigenvalue weighted by atomic mass is 10.3. The van der Waals surface area contributed by atoms with Crippen molar-refractivity contribution in [1.29, 1.82) is 0 Å². The molecule has 0 aliphatic carbocycles. The second kappa shape index (κ2) is 6.47. The van der Waals surface area contributed by atoms with Crippen LogP contribution < -0.4 is 5.32 Å². The summed E-state index contributed by atoms with van der Waals surface area (Å²) in [5.41, 5.74) is 1.35. The van der Waals surface area contributed by atoms with Gasteiger partial charge in [0.2, 0.25) is 0 Å². The van der Waals surface area contributed by atoms with Crippen molar-refractivity contribution in [3.63, 3.8) is 0 Å². The molecule has 0 saturated carbocycles. The molecule has 6 heteroatoms. The van der Waals surface area contributed by atoms with Gasteiger partial charge >= 0.3 is 0 Å². The Bertz CT molecular complexity index is 596. The van der Waals surface area contributed by atoms with Crippen LogP contribution in [0, 0.1) is 6.92 Å². The van der Waals surface area contributed by atoms with Crippen molar-refractivity contribution >= 4 is 23.1 Å². The number of carbonyl (C=O) groups excluding carboxylic acids is 1. The van der Waals surface area contributed by atoms with E-state index < -0.39 is 0 Å². The van der Waals surface area contributed by atoms with Crippen LogP contribution in [0.25, 0.3) is 0 Å². The number of rotatable bonds is 5. The van der Waals surface area contributed by atoms with Gasteiger partial charge in [-0.3, -0.25) is 4.79 Å². The zero-order chi connectivity index (χ0) is 14.5. The fraction of sp³-hybridized carbons (Fsp3) is 0.357. The van der Waals surface area contributed by atoms with E-state index in [9.17, 15) is 4.79 Å². The Labute approximate surface area is 122 Å². The first-order valence-corrected chi connectivity index (χ1v) is 7.35. The number of carbonyl (C=O) groups is 1. The van der Waals surface area contributed by atoms with Crippen LogP contribution in [0.1, 0.15) is 28.1 Å². The number of nitrogens with zero attached hydrogens (tertiary/aromatic N) is 3. The molecule has 2 rings (SSSR count). The van der Waals surface area contributed by atoms with Crippen LogP contribution in [0.2, 0.25) is 0 Å². The fourth-order valence-electron chi connectivity index (χ4n) is 1.82. The molecule has 0 bridgehead atoms. The Morgan fingerprint density at radius 2 is 2.20 bits per heavy atom. The van der Waals surface area contributed by atoms with E-state index in [-0.39, 0.29) is 5.91 Å². The first kappa shape index (κ1) is 14.5. The number of aromatic nitrogens is 2. The molecule has 2 aromatic heterocycles. The van der Waals surface area contributed by atoms with Gasteiger partial charge < -0.3 is 10.2 Å². The van der Waals surface area contributed by atoms with Crippen LogP contribution in [0.5, 0.6) is 0 Å². The van der Waals surface area contributed by atoms with E-state index in [1.807, 2.05) is 31.4 Å². The molecular weight excluding hydrogens is 272 g/mol. The third-order valence-electron chi connectivity index (χ3n) is 2.74. The van der Waals surface area contributed by atoms with Crippen LogP contribution in [0.4, 0.5) is 5.82 Å². The average Bonchev–Trinajstić information content (AvgIpc) is 2.84. The topological polar surface area (TPSA) is 58.1 Å². The van der Waals surface area contributed by atoms with Crippen LogP contribution in [0.3, 0.4) is 0 Å². The molecule has 0 spiro atoms. The number of pyridine rings is 1. The average molecular weight is 290 g/mol. The second-order valence-electron chi connectivity index (χ2n) is 4.46. The minimum atomic E-state index is -0.101. The van der Waals surface area contributed by atoms with Crippen LogP contribution in [-0.2, 0) is 6.54 Å². The zero-order valence-corrected chi connectivity index (χ0v) is 12.7. The first-order chi connectivity index (χ1) is 9.60. The summed E-state index contributed by atoms with van der Waals surface area (Å²) in [5.74, 6) is 0.617. The Morgan fingerprint density at radius 3 is 2.85 bits per heavy atom. The number of hydrogen-bond donors (Lipinski definition) is 1. The molecule has 0 aliphatic heterocycles.